The molecule has 49 heavy (non-hydrogen) atoms. The molecule has 4 aromatic carbocycles. The molecule has 1 amide bonds. The van der Waals surface area contributed by atoms with Gasteiger partial charge in [-0.25, -0.2) is 4.98 Å². The number of carbonyl (C=O) groups excluding carboxylic acids is 1. The molecule has 0 radical (unpaired) electrons. The van der Waals surface area contributed by atoms with Gasteiger partial charge in [0, 0.05) is 54.2 Å². The molecule has 1 fully saturated rings. The summed E-state index contributed by atoms with van der Waals surface area (Å²) in [4.78, 5) is 31.0. The van der Waals surface area contributed by atoms with Crippen LogP contribution in [0.25, 0.3) is 10.8 Å². The SMILES string of the molecule is O=C(Cc1cncn1Cc1ccc([N+](=O)[O-])cc1)NC(CN(Cc1cccc2ccccc12)C(=S)Nc1ccccc1Br)C1CCCCC1. The second kappa shape index (κ2) is 16.2. The normalized spacial score (nSPS) is 13.9. The number of rotatable bonds is 12. The molecule has 0 spiro atoms. The molecule has 0 aliphatic heterocycles. The Balaban J connectivity index is 1.23. The first-order valence-corrected chi connectivity index (χ1v) is 17.8. The van der Waals surface area contributed by atoms with Gasteiger partial charge in [-0.3, -0.25) is 14.9 Å². The fourth-order valence-electron chi connectivity index (χ4n) is 6.68. The first-order valence-electron chi connectivity index (χ1n) is 16.6. The molecule has 1 heterocycles. The quantitative estimate of drug-likeness (QED) is 0.0755. The maximum atomic E-state index is 13.8. The highest BCUT2D eigenvalue weighted by molar-refractivity contribution is 9.10. The molecule has 0 saturated heterocycles. The minimum Gasteiger partial charge on any atom is -0.351 e. The van der Waals surface area contributed by atoms with Crippen molar-refractivity contribution in [1.29, 1.82) is 0 Å². The molecule has 11 heteroatoms. The molecule has 252 valence electrons. The van der Waals surface area contributed by atoms with Crippen LogP contribution in [0.5, 0.6) is 0 Å². The number of nitrogens with zero attached hydrogens (tertiary/aromatic N) is 4. The van der Waals surface area contributed by atoms with Gasteiger partial charge in [0.25, 0.3) is 5.69 Å². The molecule has 1 saturated carbocycles. The van der Waals surface area contributed by atoms with Gasteiger partial charge in [0.15, 0.2) is 5.11 Å². The van der Waals surface area contributed by atoms with Crippen LogP contribution in [-0.2, 0) is 24.3 Å². The van der Waals surface area contributed by atoms with Gasteiger partial charge >= 0.3 is 0 Å². The van der Waals surface area contributed by atoms with Gasteiger partial charge in [-0.05, 0) is 80.9 Å². The van der Waals surface area contributed by atoms with E-state index in [0.717, 1.165) is 47.1 Å². The van der Waals surface area contributed by atoms with Crippen LogP contribution in [0.2, 0.25) is 0 Å². The third kappa shape index (κ3) is 8.90. The van der Waals surface area contributed by atoms with E-state index in [0.29, 0.717) is 30.7 Å². The van der Waals surface area contributed by atoms with Crippen LogP contribution in [-0.4, -0.2) is 43.0 Å². The zero-order valence-corrected chi connectivity index (χ0v) is 29.5. The average Bonchev–Trinajstić information content (AvgIpc) is 3.55. The summed E-state index contributed by atoms with van der Waals surface area (Å²) in [5.41, 5.74) is 3.76. The Labute approximate surface area is 300 Å². The Morgan fingerprint density at radius 1 is 1.00 bits per heavy atom. The molecule has 6 rings (SSSR count). The van der Waals surface area contributed by atoms with Crippen molar-refractivity contribution < 1.29 is 9.72 Å². The summed E-state index contributed by atoms with van der Waals surface area (Å²) >= 11 is 9.75. The summed E-state index contributed by atoms with van der Waals surface area (Å²) < 4.78 is 2.84. The van der Waals surface area contributed by atoms with E-state index < -0.39 is 4.92 Å². The Morgan fingerprint density at radius 2 is 1.73 bits per heavy atom. The van der Waals surface area contributed by atoms with Crippen molar-refractivity contribution in [2.45, 2.75) is 57.7 Å². The van der Waals surface area contributed by atoms with Gasteiger partial charge in [0.1, 0.15) is 0 Å². The van der Waals surface area contributed by atoms with E-state index in [2.05, 4.69) is 78.9 Å². The van der Waals surface area contributed by atoms with Crippen LogP contribution in [0, 0.1) is 16.0 Å². The number of amides is 1. The zero-order chi connectivity index (χ0) is 34.2. The Morgan fingerprint density at radius 3 is 2.51 bits per heavy atom. The second-order valence-electron chi connectivity index (χ2n) is 12.6. The van der Waals surface area contributed by atoms with Crippen LogP contribution in [0.3, 0.4) is 0 Å². The Hall–Kier alpha value is -4.61. The van der Waals surface area contributed by atoms with Gasteiger partial charge in [-0.2, -0.15) is 0 Å². The number of carbonyl (C=O) groups is 1. The molecule has 2 N–H and O–H groups in total. The monoisotopic (exact) mass is 738 g/mol. The third-order valence-electron chi connectivity index (χ3n) is 9.27. The van der Waals surface area contributed by atoms with Crippen molar-refractivity contribution in [2.75, 3.05) is 11.9 Å². The molecule has 5 aromatic rings. The van der Waals surface area contributed by atoms with Gasteiger partial charge in [0.2, 0.25) is 5.91 Å². The van der Waals surface area contributed by atoms with E-state index in [4.69, 9.17) is 12.2 Å². The fourth-order valence-corrected chi connectivity index (χ4v) is 7.31. The molecule has 1 atom stereocenters. The van der Waals surface area contributed by atoms with Crippen LogP contribution >= 0.6 is 28.1 Å². The van der Waals surface area contributed by atoms with Gasteiger partial charge in [-0.1, -0.05) is 86.0 Å². The van der Waals surface area contributed by atoms with Gasteiger partial charge in [0.05, 0.1) is 23.4 Å². The largest absolute Gasteiger partial charge is 0.351 e. The molecular weight excluding hydrogens is 700 g/mol. The number of nitro groups is 1. The molecule has 0 bridgehead atoms. The predicted octanol–water partition coefficient (Wildman–Crippen LogP) is 8.26. The summed E-state index contributed by atoms with van der Waals surface area (Å²) in [6.07, 6.45) is 9.17. The van der Waals surface area contributed by atoms with Crippen LogP contribution < -0.4 is 10.6 Å². The number of aromatic nitrogens is 2. The minimum atomic E-state index is -0.411. The molecule has 1 aromatic heterocycles. The molecule has 1 aliphatic rings. The van der Waals surface area contributed by atoms with Gasteiger partial charge in [-0.15, -0.1) is 0 Å². The third-order valence-corrected chi connectivity index (χ3v) is 10.3. The number of hydrogen-bond donors (Lipinski definition) is 2. The minimum absolute atomic E-state index is 0.0447. The molecule has 9 nitrogen and oxygen atoms in total. The second-order valence-corrected chi connectivity index (χ2v) is 13.9. The summed E-state index contributed by atoms with van der Waals surface area (Å²) in [6, 6.07) is 29.0. The van der Waals surface area contributed by atoms with Crippen molar-refractivity contribution in [3.8, 4) is 0 Å². The van der Waals surface area contributed by atoms with Crippen molar-refractivity contribution in [2.24, 2.45) is 5.92 Å². The smallest absolute Gasteiger partial charge is 0.269 e. The maximum Gasteiger partial charge on any atom is 0.269 e. The van der Waals surface area contributed by atoms with E-state index in [-0.39, 0.29) is 24.1 Å². The highest BCUT2D eigenvalue weighted by atomic mass is 79.9. The number of thiocarbonyl (C=S) groups is 1. The summed E-state index contributed by atoms with van der Waals surface area (Å²) in [7, 11) is 0. The lowest BCUT2D eigenvalue weighted by Crippen LogP contribution is -2.51. The van der Waals surface area contributed by atoms with E-state index in [1.807, 2.05) is 28.8 Å². The van der Waals surface area contributed by atoms with E-state index in [1.54, 1.807) is 24.7 Å². The first kappa shape index (κ1) is 34.3. The lowest BCUT2D eigenvalue weighted by molar-refractivity contribution is -0.384. The highest BCUT2D eigenvalue weighted by Gasteiger charge is 2.29. The van der Waals surface area contributed by atoms with Crippen molar-refractivity contribution in [3.05, 3.63) is 135 Å². The van der Waals surface area contributed by atoms with Crippen molar-refractivity contribution >= 4 is 61.3 Å². The molecule has 1 aliphatic carbocycles. The van der Waals surface area contributed by atoms with Crippen molar-refractivity contribution in [3.63, 3.8) is 0 Å². The Kier molecular flexibility index (Phi) is 11.3. The average molecular weight is 740 g/mol. The number of anilines is 1. The first-order chi connectivity index (χ1) is 23.8. The zero-order valence-electron chi connectivity index (χ0n) is 27.1. The number of benzene rings is 4. The summed E-state index contributed by atoms with van der Waals surface area (Å²) in [6.45, 7) is 1.59. The number of halogens is 1. The maximum absolute atomic E-state index is 13.8. The van der Waals surface area contributed by atoms with Crippen LogP contribution in [0.4, 0.5) is 11.4 Å². The number of para-hydroxylation sites is 1. The topological polar surface area (TPSA) is 105 Å². The molecule has 1 unspecified atom stereocenters. The summed E-state index contributed by atoms with van der Waals surface area (Å²) in [5.74, 6) is 0.250. The number of non-ortho nitro benzene ring substituents is 1. The number of nitrogens with one attached hydrogen (secondary N) is 2. The van der Waals surface area contributed by atoms with Crippen LogP contribution in [0.15, 0.2) is 108 Å². The van der Waals surface area contributed by atoms with Crippen molar-refractivity contribution in [1.82, 2.24) is 19.8 Å². The highest BCUT2D eigenvalue weighted by Crippen LogP contribution is 2.29. The van der Waals surface area contributed by atoms with E-state index >= 15 is 0 Å². The number of nitro benzene ring substituents is 1. The number of imidazole rings is 1. The number of fused-ring (bicyclic) bond motifs is 1. The predicted molar refractivity (Wildman–Crippen MR) is 201 cm³/mol. The fraction of sp³-hybridized carbons (Fsp3) is 0.289. The van der Waals surface area contributed by atoms with Gasteiger partial charge < -0.3 is 20.1 Å². The number of hydrogen-bond acceptors (Lipinski definition) is 5. The van der Waals surface area contributed by atoms with E-state index in [1.165, 1.54) is 34.9 Å². The Bertz CT molecular complexity index is 1920. The standard InChI is InChI=1S/C38H39BrN6O3S/c39-34-15-6-7-16-35(34)42-38(49)43(24-30-13-8-12-28-9-4-5-14-33(28)30)25-36(29-10-2-1-3-11-29)41-37(46)21-32-22-40-26-44(32)23-27-17-19-31(20-18-27)45(47)48/h4-9,12-20,22,26,29,36H,1-3,10-11,21,23-25H2,(H,41,46)(H,42,49). The van der Waals surface area contributed by atoms with E-state index in [9.17, 15) is 14.9 Å². The van der Waals surface area contributed by atoms with Crippen LogP contribution in [0.1, 0.15) is 48.9 Å². The lowest BCUT2D eigenvalue weighted by atomic mass is 9.83. The summed E-state index contributed by atoms with van der Waals surface area (Å²) in [5, 5.41) is 20.9. The lowest BCUT2D eigenvalue weighted by Gasteiger charge is -2.36. The molecular formula is C38H39BrN6O3S.